The lowest BCUT2D eigenvalue weighted by Gasteiger charge is -2.14. The van der Waals surface area contributed by atoms with Crippen LogP contribution >= 0.6 is 15.9 Å². The van der Waals surface area contributed by atoms with Crippen LogP contribution in [0.2, 0.25) is 0 Å². The first kappa shape index (κ1) is 10.6. The zero-order valence-electron chi connectivity index (χ0n) is 8.30. The molecule has 1 nitrogen and oxygen atoms in total. The van der Waals surface area contributed by atoms with Crippen LogP contribution < -0.4 is 4.74 Å². The van der Waals surface area contributed by atoms with Crippen molar-refractivity contribution in [2.45, 2.75) is 33.3 Å². The van der Waals surface area contributed by atoms with Gasteiger partial charge in [-0.3, -0.25) is 0 Å². The Morgan fingerprint density at radius 3 is 2.69 bits per heavy atom. The van der Waals surface area contributed by atoms with Crippen LogP contribution in [-0.2, 0) is 0 Å². The van der Waals surface area contributed by atoms with Crippen LogP contribution in [0.4, 0.5) is 0 Å². The number of hydrogen-bond donors (Lipinski definition) is 0. The Morgan fingerprint density at radius 2 is 2.15 bits per heavy atom. The smallest absolute Gasteiger partial charge is 0.122 e. The van der Waals surface area contributed by atoms with Gasteiger partial charge in [-0.1, -0.05) is 22.9 Å². The van der Waals surface area contributed by atoms with Crippen LogP contribution in [0.25, 0.3) is 0 Å². The van der Waals surface area contributed by atoms with E-state index in [9.17, 15) is 0 Å². The average molecular weight is 243 g/mol. The number of aryl methyl sites for hydroxylation is 1. The van der Waals surface area contributed by atoms with E-state index in [0.29, 0.717) is 6.10 Å². The highest BCUT2D eigenvalue weighted by atomic mass is 79.9. The lowest BCUT2D eigenvalue weighted by molar-refractivity contribution is 0.216. The van der Waals surface area contributed by atoms with Crippen molar-refractivity contribution in [3.63, 3.8) is 0 Å². The maximum Gasteiger partial charge on any atom is 0.122 e. The van der Waals surface area contributed by atoms with E-state index in [2.05, 4.69) is 42.8 Å². The summed E-state index contributed by atoms with van der Waals surface area (Å²) in [5.41, 5.74) is 1.18. The van der Waals surface area contributed by atoms with Crippen molar-refractivity contribution in [3.8, 4) is 5.75 Å². The van der Waals surface area contributed by atoms with Gasteiger partial charge in [0.25, 0.3) is 0 Å². The SMILES string of the molecule is CCC(C)Oc1ccc(Br)cc1C. The van der Waals surface area contributed by atoms with E-state index in [0.717, 1.165) is 16.6 Å². The van der Waals surface area contributed by atoms with Crippen LogP contribution in [-0.4, -0.2) is 6.10 Å². The molecule has 0 amide bonds. The zero-order chi connectivity index (χ0) is 9.84. The van der Waals surface area contributed by atoms with Crippen molar-refractivity contribution in [1.82, 2.24) is 0 Å². The lowest BCUT2D eigenvalue weighted by atomic mass is 10.2. The highest BCUT2D eigenvalue weighted by Gasteiger charge is 2.03. The van der Waals surface area contributed by atoms with Gasteiger partial charge in [0, 0.05) is 4.47 Å². The first-order chi connectivity index (χ1) is 6.13. The predicted octanol–water partition coefficient (Wildman–Crippen LogP) is 3.93. The Hall–Kier alpha value is -0.500. The Kier molecular flexibility index (Phi) is 3.79. The number of ether oxygens (including phenoxy) is 1. The van der Waals surface area contributed by atoms with Gasteiger partial charge in [-0.2, -0.15) is 0 Å². The van der Waals surface area contributed by atoms with Gasteiger partial charge >= 0.3 is 0 Å². The molecule has 13 heavy (non-hydrogen) atoms. The summed E-state index contributed by atoms with van der Waals surface area (Å²) in [6.45, 7) is 6.27. The van der Waals surface area contributed by atoms with E-state index >= 15 is 0 Å². The van der Waals surface area contributed by atoms with Crippen LogP contribution in [0.3, 0.4) is 0 Å². The normalized spacial score (nSPS) is 12.6. The molecule has 0 aromatic heterocycles. The van der Waals surface area contributed by atoms with Crippen molar-refractivity contribution in [1.29, 1.82) is 0 Å². The zero-order valence-corrected chi connectivity index (χ0v) is 9.89. The van der Waals surface area contributed by atoms with Crippen molar-refractivity contribution in [2.75, 3.05) is 0 Å². The molecule has 0 aliphatic carbocycles. The fraction of sp³-hybridized carbons (Fsp3) is 0.455. The van der Waals surface area contributed by atoms with E-state index in [1.54, 1.807) is 0 Å². The fourth-order valence-electron chi connectivity index (χ4n) is 1.05. The van der Waals surface area contributed by atoms with Gasteiger partial charge in [0.15, 0.2) is 0 Å². The quantitative estimate of drug-likeness (QED) is 0.781. The fourth-order valence-corrected chi connectivity index (χ4v) is 1.52. The summed E-state index contributed by atoms with van der Waals surface area (Å²) in [4.78, 5) is 0. The summed E-state index contributed by atoms with van der Waals surface area (Å²) >= 11 is 3.42. The van der Waals surface area contributed by atoms with Crippen LogP contribution in [0.1, 0.15) is 25.8 Å². The number of halogens is 1. The molecular weight excluding hydrogens is 228 g/mol. The third-order valence-corrected chi connectivity index (χ3v) is 2.53. The molecule has 2 heteroatoms. The summed E-state index contributed by atoms with van der Waals surface area (Å²) in [5, 5.41) is 0. The van der Waals surface area contributed by atoms with E-state index < -0.39 is 0 Å². The lowest BCUT2D eigenvalue weighted by Crippen LogP contribution is -2.10. The molecule has 0 saturated carbocycles. The van der Waals surface area contributed by atoms with Crippen LogP contribution in [0.15, 0.2) is 22.7 Å². The summed E-state index contributed by atoms with van der Waals surface area (Å²) in [7, 11) is 0. The maximum absolute atomic E-state index is 5.73. The second-order valence-electron chi connectivity index (χ2n) is 3.25. The minimum absolute atomic E-state index is 0.292. The van der Waals surface area contributed by atoms with Crippen molar-refractivity contribution < 1.29 is 4.74 Å². The topological polar surface area (TPSA) is 9.23 Å². The minimum atomic E-state index is 0.292. The molecule has 0 radical (unpaired) electrons. The molecule has 0 fully saturated rings. The van der Waals surface area contributed by atoms with Crippen molar-refractivity contribution >= 4 is 15.9 Å². The van der Waals surface area contributed by atoms with Gasteiger partial charge in [0.2, 0.25) is 0 Å². The molecule has 1 aromatic carbocycles. The van der Waals surface area contributed by atoms with Gasteiger partial charge in [-0.05, 0) is 44.0 Å². The molecule has 0 aliphatic heterocycles. The molecule has 0 N–H and O–H groups in total. The molecule has 0 bridgehead atoms. The third-order valence-electron chi connectivity index (χ3n) is 2.04. The van der Waals surface area contributed by atoms with E-state index in [-0.39, 0.29) is 0 Å². The summed E-state index contributed by atoms with van der Waals surface area (Å²) in [6, 6.07) is 6.08. The number of hydrogen-bond acceptors (Lipinski definition) is 1. The molecule has 0 heterocycles. The first-order valence-electron chi connectivity index (χ1n) is 4.56. The van der Waals surface area contributed by atoms with Gasteiger partial charge in [0.1, 0.15) is 5.75 Å². The average Bonchev–Trinajstić information content (AvgIpc) is 2.09. The summed E-state index contributed by atoms with van der Waals surface area (Å²) in [6.07, 6.45) is 1.33. The Morgan fingerprint density at radius 1 is 1.46 bits per heavy atom. The second kappa shape index (κ2) is 4.66. The van der Waals surface area contributed by atoms with Gasteiger partial charge < -0.3 is 4.74 Å². The van der Waals surface area contributed by atoms with E-state index in [4.69, 9.17) is 4.74 Å². The monoisotopic (exact) mass is 242 g/mol. The summed E-state index contributed by atoms with van der Waals surface area (Å²) < 4.78 is 6.83. The van der Waals surface area contributed by atoms with Crippen LogP contribution in [0, 0.1) is 6.92 Å². The van der Waals surface area contributed by atoms with E-state index in [1.807, 2.05) is 12.1 Å². The van der Waals surface area contributed by atoms with Crippen molar-refractivity contribution in [2.24, 2.45) is 0 Å². The Balaban J connectivity index is 2.77. The molecule has 1 aromatic rings. The molecular formula is C11H15BrO. The molecule has 0 aliphatic rings. The molecule has 1 rings (SSSR count). The Labute approximate surface area is 88.2 Å². The molecule has 72 valence electrons. The number of benzene rings is 1. The van der Waals surface area contributed by atoms with Gasteiger partial charge in [-0.25, -0.2) is 0 Å². The highest BCUT2D eigenvalue weighted by molar-refractivity contribution is 9.10. The van der Waals surface area contributed by atoms with Crippen LogP contribution in [0.5, 0.6) is 5.75 Å². The largest absolute Gasteiger partial charge is 0.490 e. The summed E-state index contributed by atoms with van der Waals surface area (Å²) in [5.74, 6) is 0.984. The van der Waals surface area contributed by atoms with Gasteiger partial charge in [0.05, 0.1) is 6.10 Å². The maximum atomic E-state index is 5.73. The van der Waals surface area contributed by atoms with Gasteiger partial charge in [-0.15, -0.1) is 0 Å². The van der Waals surface area contributed by atoms with E-state index in [1.165, 1.54) is 5.56 Å². The number of rotatable bonds is 3. The van der Waals surface area contributed by atoms with Crippen molar-refractivity contribution in [3.05, 3.63) is 28.2 Å². The first-order valence-corrected chi connectivity index (χ1v) is 5.35. The molecule has 0 spiro atoms. The highest BCUT2D eigenvalue weighted by Crippen LogP contribution is 2.23. The third kappa shape index (κ3) is 3.03. The molecule has 0 saturated heterocycles. The predicted molar refractivity (Wildman–Crippen MR) is 59.3 cm³/mol. The second-order valence-corrected chi connectivity index (χ2v) is 4.16. The Bertz CT molecular complexity index is 283. The molecule has 1 atom stereocenters. The molecule has 1 unspecified atom stereocenters. The standard InChI is InChI=1S/C11H15BrO/c1-4-9(3)13-11-6-5-10(12)7-8(11)2/h5-7,9H,4H2,1-3H3. The minimum Gasteiger partial charge on any atom is -0.490 e.